The maximum atomic E-state index is 12.6. The number of carbonyl (C=O) groups is 2. The number of carbonyl (C=O) groups excluding carboxylic acids is 2. The molecule has 0 unspecified atom stereocenters. The molecule has 3 heterocycles. The first-order valence-corrected chi connectivity index (χ1v) is 14.2. The van der Waals surface area contributed by atoms with Crippen LogP contribution in [0.5, 0.6) is 5.75 Å². The third-order valence-electron chi connectivity index (χ3n) is 8.34. The molecule has 1 saturated carbocycles. The van der Waals surface area contributed by atoms with E-state index in [1.165, 1.54) is 39.0 Å². The number of aromatic nitrogens is 2. The number of rotatable bonds is 7. The molecule has 4 aromatic rings. The van der Waals surface area contributed by atoms with Gasteiger partial charge in [0.15, 0.2) is 0 Å². The molecular formula is C33H34N2O6. The van der Waals surface area contributed by atoms with E-state index in [-0.39, 0.29) is 18.4 Å². The lowest BCUT2D eigenvalue weighted by molar-refractivity contribution is -0.140. The molecule has 2 aromatic carbocycles. The molecule has 0 amide bonds. The van der Waals surface area contributed by atoms with E-state index in [1.807, 2.05) is 24.3 Å². The lowest BCUT2D eigenvalue weighted by atomic mass is 9.81. The van der Waals surface area contributed by atoms with Gasteiger partial charge >= 0.3 is 11.9 Å². The van der Waals surface area contributed by atoms with Crippen molar-refractivity contribution in [3.8, 4) is 17.0 Å². The van der Waals surface area contributed by atoms with E-state index in [4.69, 9.17) is 18.6 Å². The van der Waals surface area contributed by atoms with Gasteiger partial charge in [-0.15, -0.1) is 0 Å². The van der Waals surface area contributed by atoms with Gasteiger partial charge in [-0.1, -0.05) is 25.3 Å². The Morgan fingerprint density at radius 3 is 2.61 bits per heavy atom. The van der Waals surface area contributed by atoms with Crippen LogP contribution < -0.4 is 4.74 Å². The van der Waals surface area contributed by atoms with Crippen molar-refractivity contribution in [1.29, 1.82) is 0 Å². The largest absolute Gasteiger partial charge is 0.497 e. The molecule has 0 bridgehead atoms. The molecular weight excluding hydrogens is 520 g/mol. The van der Waals surface area contributed by atoms with E-state index in [2.05, 4.69) is 27.8 Å². The molecule has 1 fully saturated rings. The summed E-state index contributed by atoms with van der Waals surface area (Å²) in [6.07, 6.45) is 10.4. The highest BCUT2D eigenvalue weighted by Crippen LogP contribution is 2.47. The van der Waals surface area contributed by atoms with Crippen molar-refractivity contribution in [2.75, 3.05) is 21.3 Å². The van der Waals surface area contributed by atoms with Crippen LogP contribution in [0.25, 0.3) is 33.8 Å². The standard InChI is InChI=1S/C33H34N2O6/c1-38-24-10-13-26-22(16-24)15-23(32-34-18-25(41-32)11-14-29(36)39-2)19-35-28-17-21(33(37)40-3)9-12-27(28)30(31(26)35)20-7-5-4-6-8-20/h9-10,12-13,15-18,20H,4-8,11,14,19H2,1-3H3. The van der Waals surface area contributed by atoms with Crippen molar-refractivity contribution >= 4 is 34.5 Å². The molecule has 1 aliphatic carbocycles. The van der Waals surface area contributed by atoms with Crippen molar-refractivity contribution in [3.63, 3.8) is 0 Å². The molecule has 212 valence electrons. The number of hydrogen-bond acceptors (Lipinski definition) is 7. The second-order valence-corrected chi connectivity index (χ2v) is 10.7. The number of nitrogens with zero attached hydrogens (tertiary/aromatic N) is 2. The summed E-state index contributed by atoms with van der Waals surface area (Å²) in [5.74, 6) is 1.65. The van der Waals surface area contributed by atoms with Gasteiger partial charge in [-0.2, -0.15) is 0 Å². The summed E-state index contributed by atoms with van der Waals surface area (Å²) in [6.45, 7) is 0.497. The monoisotopic (exact) mass is 554 g/mol. The van der Waals surface area contributed by atoms with Crippen LogP contribution in [-0.2, 0) is 27.2 Å². The van der Waals surface area contributed by atoms with E-state index in [0.29, 0.717) is 36.1 Å². The first-order valence-electron chi connectivity index (χ1n) is 14.2. The average molecular weight is 555 g/mol. The minimum absolute atomic E-state index is 0.220. The second-order valence-electron chi connectivity index (χ2n) is 10.7. The van der Waals surface area contributed by atoms with Gasteiger partial charge < -0.3 is 23.2 Å². The number of hydrogen-bond donors (Lipinski definition) is 0. The Hall–Kier alpha value is -4.33. The predicted molar refractivity (Wildman–Crippen MR) is 156 cm³/mol. The van der Waals surface area contributed by atoms with Crippen LogP contribution in [0.4, 0.5) is 0 Å². The van der Waals surface area contributed by atoms with Crippen LogP contribution >= 0.6 is 0 Å². The Bertz CT molecular complexity index is 1650. The molecule has 8 heteroatoms. The normalized spacial score (nSPS) is 15.0. The summed E-state index contributed by atoms with van der Waals surface area (Å²) in [7, 11) is 4.45. The fraction of sp³-hybridized carbons (Fsp3) is 0.364. The van der Waals surface area contributed by atoms with Gasteiger partial charge in [-0.3, -0.25) is 4.79 Å². The van der Waals surface area contributed by atoms with Crippen LogP contribution in [0.15, 0.2) is 47.0 Å². The van der Waals surface area contributed by atoms with Gasteiger partial charge in [-0.25, -0.2) is 9.78 Å². The van der Waals surface area contributed by atoms with Crippen LogP contribution in [0.1, 0.15) is 77.6 Å². The summed E-state index contributed by atoms with van der Waals surface area (Å²) in [4.78, 5) is 28.9. The maximum Gasteiger partial charge on any atom is 0.337 e. The lowest BCUT2D eigenvalue weighted by Gasteiger charge is -2.24. The second kappa shape index (κ2) is 11.3. The third kappa shape index (κ3) is 5.03. The Labute approximate surface area is 238 Å². The van der Waals surface area contributed by atoms with Crippen molar-refractivity contribution in [3.05, 3.63) is 70.9 Å². The smallest absolute Gasteiger partial charge is 0.337 e. The Kier molecular flexibility index (Phi) is 7.39. The van der Waals surface area contributed by atoms with Crippen LogP contribution in [0, 0.1) is 0 Å². The molecule has 2 aromatic heterocycles. The van der Waals surface area contributed by atoms with Crippen molar-refractivity contribution in [2.24, 2.45) is 0 Å². The molecule has 0 radical (unpaired) electrons. The molecule has 2 aliphatic rings. The van der Waals surface area contributed by atoms with E-state index in [0.717, 1.165) is 51.9 Å². The minimum atomic E-state index is -0.362. The highest BCUT2D eigenvalue weighted by atomic mass is 16.5. The van der Waals surface area contributed by atoms with Gasteiger partial charge in [0.2, 0.25) is 5.89 Å². The van der Waals surface area contributed by atoms with E-state index < -0.39 is 0 Å². The topological polar surface area (TPSA) is 92.8 Å². The highest BCUT2D eigenvalue weighted by Gasteiger charge is 2.30. The van der Waals surface area contributed by atoms with Crippen molar-refractivity contribution < 1.29 is 28.2 Å². The van der Waals surface area contributed by atoms with Gasteiger partial charge in [-0.05, 0) is 66.3 Å². The summed E-state index contributed by atoms with van der Waals surface area (Å²) in [5, 5.41) is 1.16. The zero-order chi connectivity index (χ0) is 28.5. The summed E-state index contributed by atoms with van der Waals surface area (Å²) < 4.78 is 23.9. The van der Waals surface area contributed by atoms with Crippen LogP contribution in [-0.4, -0.2) is 42.8 Å². The van der Waals surface area contributed by atoms with Crippen molar-refractivity contribution in [2.45, 2.75) is 57.4 Å². The fourth-order valence-corrected chi connectivity index (χ4v) is 6.31. The molecule has 8 nitrogen and oxygen atoms in total. The van der Waals surface area contributed by atoms with Crippen molar-refractivity contribution in [1.82, 2.24) is 9.55 Å². The maximum absolute atomic E-state index is 12.6. The molecule has 0 spiro atoms. The summed E-state index contributed by atoms with van der Waals surface area (Å²) in [6, 6.07) is 12.1. The molecule has 0 atom stereocenters. The van der Waals surface area contributed by atoms with E-state index >= 15 is 0 Å². The summed E-state index contributed by atoms with van der Waals surface area (Å²) >= 11 is 0. The average Bonchev–Trinajstić information content (AvgIpc) is 3.57. The first-order chi connectivity index (χ1) is 20.0. The zero-order valence-corrected chi connectivity index (χ0v) is 23.7. The Morgan fingerprint density at radius 2 is 1.85 bits per heavy atom. The number of benzene rings is 2. The Morgan fingerprint density at radius 1 is 1.02 bits per heavy atom. The van der Waals surface area contributed by atoms with Gasteiger partial charge in [0.1, 0.15) is 11.5 Å². The van der Waals surface area contributed by atoms with E-state index in [9.17, 15) is 9.59 Å². The van der Waals surface area contributed by atoms with Gasteiger partial charge in [0.05, 0.1) is 51.7 Å². The number of oxazole rings is 1. The third-order valence-corrected chi connectivity index (χ3v) is 8.34. The lowest BCUT2D eigenvalue weighted by Crippen LogP contribution is -2.07. The van der Waals surface area contributed by atoms with Crippen LogP contribution in [0.3, 0.4) is 0 Å². The number of aryl methyl sites for hydroxylation is 1. The molecule has 1 aliphatic heterocycles. The predicted octanol–water partition coefficient (Wildman–Crippen LogP) is 6.80. The van der Waals surface area contributed by atoms with Crippen LogP contribution in [0.2, 0.25) is 0 Å². The fourth-order valence-electron chi connectivity index (χ4n) is 6.31. The molecule has 41 heavy (non-hydrogen) atoms. The SMILES string of the molecule is COC(=O)CCc1cnc(C2=Cc3cc(OC)ccc3-c3c(C4CCCCC4)c4ccc(C(=O)OC)cc4n3C2)o1. The number of fused-ring (bicyclic) bond motifs is 5. The minimum Gasteiger partial charge on any atom is -0.497 e. The molecule has 6 rings (SSSR count). The molecule has 0 saturated heterocycles. The highest BCUT2D eigenvalue weighted by molar-refractivity contribution is 6.01. The number of ether oxygens (including phenoxy) is 3. The molecule has 0 N–H and O–H groups in total. The first kappa shape index (κ1) is 26.9. The van der Waals surface area contributed by atoms with Gasteiger partial charge in [0, 0.05) is 28.5 Å². The number of methoxy groups -OCH3 is 3. The number of esters is 2. The zero-order valence-electron chi connectivity index (χ0n) is 23.7. The Balaban J connectivity index is 1.55. The van der Waals surface area contributed by atoms with Gasteiger partial charge in [0.25, 0.3) is 0 Å². The quantitative estimate of drug-likeness (QED) is 0.232. The number of allylic oxidation sites excluding steroid dienone is 1. The van der Waals surface area contributed by atoms with E-state index in [1.54, 1.807) is 13.3 Å². The summed E-state index contributed by atoms with van der Waals surface area (Å²) in [5.41, 5.74) is 7.00.